The van der Waals surface area contributed by atoms with Gasteiger partial charge in [-0.3, -0.25) is 9.59 Å². The molecular weight excluding hydrogens is 314 g/mol. The van der Waals surface area contributed by atoms with Gasteiger partial charge in [-0.1, -0.05) is 0 Å². The number of amides is 3. The number of carbonyl (C=O) groups is 3. The van der Waals surface area contributed by atoms with Crippen molar-refractivity contribution in [2.45, 2.75) is 6.92 Å². The Hall–Kier alpha value is -2.77. The number of benzene rings is 1. The minimum Gasteiger partial charge on any atom is -0.482 e. The van der Waals surface area contributed by atoms with E-state index in [1.165, 1.54) is 0 Å². The van der Waals surface area contributed by atoms with Crippen molar-refractivity contribution < 1.29 is 23.9 Å². The summed E-state index contributed by atoms with van der Waals surface area (Å²) < 4.78 is 10.2. The minimum atomic E-state index is -0.349. The van der Waals surface area contributed by atoms with Gasteiger partial charge in [0.1, 0.15) is 5.75 Å². The summed E-state index contributed by atoms with van der Waals surface area (Å²) in [5, 5.41) is 2.69. The van der Waals surface area contributed by atoms with Gasteiger partial charge in [0.15, 0.2) is 6.61 Å². The topological polar surface area (TPSA) is 88.2 Å². The van der Waals surface area contributed by atoms with Crippen LogP contribution in [0.5, 0.6) is 5.75 Å². The fourth-order valence-corrected chi connectivity index (χ4v) is 2.71. The zero-order chi connectivity index (χ0) is 17.1. The molecule has 1 N–H and O–H groups in total. The standard InChI is InChI=1S/C16H19N3O5/c1-2-23-16(22)19-7-5-18(6-8-19)15(21)11-3-4-13-12(9-11)17-14(20)10-24-13/h3-4,9H,2,5-8,10H2,1H3,(H,17,20). The largest absolute Gasteiger partial charge is 0.482 e. The van der Waals surface area contributed by atoms with Crippen LogP contribution < -0.4 is 10.1 Å². The van der Waals surface area contributed by atoms with E-state index in [0.29, 0.717) is 49.8 Å². The lowest BCUT2D eigenvalue weighted by Gasteiger charge is -2.34. The molecule has 8 nitrogen and oxygen atoms in total. The number of hydrogen-bond acceptors (Lipinski definition) is 5. The number of ether oxygens (including phenoxy) is 2. The molecule has 0 radical (unpaired) electrons. The maximum Gasteiger partial charge on any atom is 0.409 e. The van der Waals surface area contributed by atoms with Crippen LogP contribution in [0.15, 0.2) is 18.2 Å². The van der Waals surface area contributed by atoms with Gasteiger partial charge in [-0.15, -0.1) is 0 Å². The predicted octanol–water partition coefficient (Wildman–Crippen LogP) is 0.932. The van der Waals surface area contributed by atoms with Crippen LogP contribution in [0.3, 0.4) is 0 Å². The molecule has 8 heteroatoms. The molecule has 0 aliphatic carbocycles. The Morgan fingerprint density at radius 1 is 1.21 bits per heavy atom. The van der Waals surface area contributed by atoms with E-state index >= 15 is 0 Å². The second-order valence-corrected chi connectivity index (χ2v) is 5.53. The Balaban J connectivity index is 1.64. The first-order chi connectivity index (χ1) is 11.6. The molecule has 1 saturated heterocycles. The van der Waals surface area contributed by atoms with E-state index < -0.39 is 0 Å². The Morgan fingerprint density at radius 3 is 2.62 bits per heavy atom. The number of hydrogen-bond donors (Lipinski definition) is 1. The number of nitrogens with one attached hydrogen (secondary N) is 1. The zero-order valence-corrected chi connectivity index (χ0v) is 13.4. The van der Waals surface area contributed by atoms with Crippen molar-refractivity contribution in [2.75, 3.05) is 44.7 Å². The number of piperazine rings is 1. The number of nitrogens with zero attached hydrogens (tertiary/aromatic N) is 2. The lowest BCUT2D eigenvalue weighted by Crippen LogP contribution is -2.50. The lowest BCUT2D eigenvalue weighted by atomic mass is 10.1. The van der Waals surface area contributed by atoms with E-state index in [2.05, 4.69) is 5.32 Å². The number of carbonyl (C=O) groups excluding carboxylic acids is 3. The highest BCUT2D eigenvalue weighted by atomic mass is 16.6. The van der Waals surface area contributed by atoms with Gasteiger partial charge in [-0.2, -0.15) is 0 Å². The second-order valence-electron chi connectivity index (χ2n) is 5.53. The quantitative estimate of drug-likeness (QED) is 0.870. The smallest absolute Gasteiger partial charge is 0.409 e. The molecule has 1 aromatic rings. The van der Waals surface area contributed by atoms with Crippen LogP contribution in [0, 0.1) is 0 Å². The summed E-state index contributed by atoms with van der Waals surface area (Å²) in [5.41, 5.74) is 0.978. The van der Waals surface area contributed by atoms with Crippen molar-refractivity contribution in [3.8, 4) is 5.75 Å². The molecule has 1 aromatic carbocycles. The van der Waals surface area contributed by atoms with E-state index in [0.717, 1.165) is 0 Å². The van der Waals surface area contributed by atoms with Crippen LogP contribution in [0.1, 0.15) is 17.3 Å². The summed E-state index contributed by atoms with van der Waals surface area (Å²) in [4.78, 5) is 38.9. The maximum absolute atomic E-state index is 12.6. The highest BCUT2D eigenvalue weighted by molar-refractivity contribution is 5.99. The molecule has 2 aliphatic rings. The molecule has 3 rings (SSSR count). The van der Waals surface area contributed by atoms with Crippen molar-refractivity contribution in [3.63, 3.8) is 0 Å². The summed E-state index contributed by atoms with van der Waals surface area (Å²) in [6.45, 7) is 3.84. The van der Waals surface area contributed by atoms with Crippen LogP contribution in [-0.4, -0.2) is 67.1 Å². The van der Waals surface area contributed by atoms with Gasteiger partial charge >= 0.3 is 6.09 Å². The molecular formula is C16H19N3O5. The van der Waals surface area contributed by atoms with E-state index in [-0.39, 0.29) is 24.5 Å². The molecule has 2 heterocycles. The first-order valence-corrected chi connectivity index (χ1v) is 7.86. The van der Waals surface area contributed by atoms with E-state index in [4.69, 9.17) is 9.47 Å². The third-order valence-electron chi connectivity index (χ3n) is 3.95. The molecule has 1 fully saturated rings. The van der Waals surface area contributed by atoms with Crippen LogP contribution in [0.4, 0.5) is 10.5 Å². The molecule has 0 bridgehead atoms. The second kappa shape index (κ2) is 6.77. The third-order valence-corrected chi connectivity index (χ3v) is 3.95. The summed E-state index contributed by atoms with van der Waals surface area (Å²) in [6.07, 6.45) is -0.349. The zero-order valence-electron chi connectivity index (χ0n) is 13.4. The molecule has 0 saturated carbocycles. The lowest BCUT2D eigenvalue weighted by molar-refractivity contribution is -0.118. The normalized spacial score (nSPS) is 16.8. The third kappa shape index (κ3) is 3.27. The van der Waals surface area contributed by atoms with E-state index in [9.17, 15) is 14.4 Å². The van der Waals surface area contributed by atoms with Crippen molar-refractivity contribution >= 4 is 23.6 Å². The van der Waals surface area contributed by atoms with E-state index in [1.54, 1.807) is 34.9 Å². The molecule has 2 aliphatic heterocycles. The summed E-state index contributed by atoms with van der Waals surface area (Å²) in [6, 6.07) is 4.97. The van der Waals surface area contributed by atoms with Gasteiger partial charge in [0, 0.05) is 31.7 Å². The molecule has 24 heavy (non-hydrogen) atoms. The van der Waals surface area contributed by atoms with Gasteiger partial charge in [0.2, 0.25) is 0 Å². The fourth-order valence-electron chi connectivity index (χ4n) is 2.71. The average Bonchev–Trinajstić information content (AvgIpc) is 2.60. The summed E-state index contributed by atoms with van der Waals surface area (Å²) in [7, 11) is 0. The Labute approximate surface area is 139 Å². The molecule has 128 valence electrons. The Kier molecular flexibility index (Phi) is 4.54. The monoisotopic (exact) mass is 333 g/mol. The minimum absolute atomic E-state index is 0.0177. The molecule has 0 atom stereocenters. The number of rotatable bonds is 2. The van der Waals surface area contributed by atoms with E-state index in [1.807, 2.05) is 0 Å². The predicted molar refractivity (Wildman–Crippen MR) is 85.1 cm³/mol. The van der Waals surface area contributed by atoms with Crippen molar-refractivity contribution in [3.05, 3.63) is 23.8 Å². The van der Waals surface area contributed by atoms with Gasteiger partial charge in [-0.05, 0) is 25.1 Å². The summed E-state index contributed by atoms with van der Waals surface area (Å²) >= 11 is 0. The van der Waals surface area contributed by atoms with Crippen molar-refractivity contribution in [2.24, 2.45) is 0 Å². The number of fused-ring (bicyclic) bond motifs is 1. The van der Waals surface area contributed by atoms with Crippen molar-refractivity contribution in [1.29, 1.82) is 0 Å². The molecule has 0 aromatic heterocycles. The van der Waals surface area contributed by atoms with Crippen molar-refractivity contribution in [1.82, 2.24) is 9.80 Å². The van der Waals surface area contributed by atoms with Gasteiger partial charge in [-0.25, -0.2) is 4.79 Å². The number of anilines is 1. The van der Waals surface area contributed by atoms with Gasteiger partial charge < -0.3 is 24.6 Å². The van der Waals surface area contributed by atoms with Gasteiger partial charge in [0.25, 0.3) is 11.8 Å². The Bertz CT molecular complexity index is 668. The van der Waals surface area contributed by atoms with Gasteiger partial charge in [0.05, 0.1) is 12.3 Å². The first kappa shape index (κ1) is 16.1. The first-order valence-electron chi connectivity index (χ1n) is 7.86. The molecule has 0 unspecified atom stereocenters. The van der Waals surface area contributed by atoms with Crippen LogP contribution >= 0.6 is 0 Å². The van der Waals surface area contributed by atoms with Crippen LogP contribution in [0.25, 0.3) is 0 Å². The molecule has 3 amide bonds. The highest BCUT2D eigenvalue weighted by Gasteiger charge is 2.26. The fraction of sp³-hybridized carbons (Fsp3) is 0.438. The van der Waals surface area contributed by atoms with Crippen LogP contribution in [-0.2, 0) is 9.53 Å². The van der Waals surface area contributed by atoms with Crippen LogP contribution in [0.2, 0.25) is 0 Å². The Morgan fingerprint density at radius 2 is 1.92 bits per heavy atom. The maximum atomic E-state index is 12.6. The highest BCUT2D eigenvalue weighted by Crippen LogP contribution is 2.29. The SMILES string of the molecule is CCOC(=O)N1CCN(C(=O)c2ccc3c(c2)NC(=O)CO3)CC1. The average molecular weight is 333 g/mol. The molecule has 0 spiro atoms. The summed E-state index contributed by atoms with van der Waals surface area (Å²) in [5.74, 6) is 0.176.